The van der Waals surface area contributed by atoms with Gasteiger partial charge in [-0.05, 0) is 62.4 Å². The van der Waals surface area contributed by atoms with E-state index < -0.39 is 0 Å². The SMILES string of the molecule is CCOc1nnc(C(C)Oc2ccc(Oc3ccc(Cl)cc3)cc2)s1. The summed E-state index contributed by atoms with van der Waals surface area (Å²) < 4.78 is 17.0. The van der Waals surface area contributed by atoms with E-state index in [-0.39, 0.29) is 6.10 Å². The molecule has 1 atom stereocenters. The van der Waals surface area contributed by atoms with Gasteiger partial charge < -0.3 is 14.2 Å². The van der Waals surface area contributed by atoms with Crippen molar-refractivity contribution in [1.29, 1.82) is 0 Å². The topological polar surface area (TPSA) is 53.5 Å². The van der Waals surface area contributed by atoms with Gasteiger partial charge in [0.2, 0.25) is 0 Å². The standard InChI is InChI=1S/C18H17ClN2O3S/c1-3-22-18-21-20-17(25-18)12(2)23-14-8-10-16(11-9-14)24-15-6-4-13(19)5-7-15/h4-12H,3H2,1-2H3. The van der Waals surface area contributed by atoms with Crippen LogP contribution in [0.5, 0.6) is 22.4 Å². The van der Waals surface area contributed by atoms with Gasteiger partial charge in [-0.15, -0.1) is 5.10 Å². The Morgan fingerprint density at radius 2 is 1.56 bits per heavy atom. The molecule has 1 unspecified atom stereocenters. The van der Waals surface area contributed by atoms with E-state index in [1.54, 1.807) is 12.1 Å². The van der Waals surface area contributed by atoms with Crippen LogP contribution in [0.1, 0.15) is 25.0 Å². The number of rotatable bonds is 7. The molecule has 25 heavy (non-hydrogen) atoms. The zero-order chi connectivity index (χ0) is 17.6. The van der Waals surface area contributed by atoms with Crippen molar-refractivity contribution in [3.8, 4) is 22.4 Å². The fourth-order valence-electron chi connectivity index (χ4n) is 2.05. The van der Waals surface area contributed by atoms with E-state index in [9.17, 15) is 0 Å². The molecule has 0 fully saturated rings. The fourth-order valence-corrected chi connectivity index (χ4v) is 2.91. The fraction of sp³-hybridized carbons (Fsp3) is 0.222. The first-order chi connectivity index (χ1) is 12.1. The van der Waals surface area contributed by atoms with Crippen LogP contribution in [0, 0.1) is 0 Å². The lowest BCUT2D eigenvalue weighted by atomic mass is 10.3. The lowest BCUT2D eigenvalue weighted by molar-refractivity contribution is 0.225. The average Bonchev–Trinajstić information content (AvgIpc) is 3.08. The first-order valence-electron chi connectivity index (χ1n) is 7.80. The van der Waals surface area contributed by atoms with Crippen LogP contribution in [0.4, 0.5) is 0 Å². The van der Waals surface area contributed by atoms with Gasteiger partial charge in [0.05, 0.1) is 6.61 Å². The predicted molar refractivity (Wildman–Crippen MR) is 98.1 cm³/mol. The third-order valence-electron chi connectivity index (χ3n) is 3.22. The summed E-state index contributed by atoms with van der Waals surface area (Å²) in [7, 11) is 0. The Hall–Kier alpha value is -2.31. The van der Waals surface area contributed by atoms with E-state index >= 15 is 0 Å². The van der Waals surface area contributed by atoms with E-state index in [1.807, 2.05) is 50.2 Å². The molecular formula is C18H17ClN2O3S. The Labute approximate surface area is 155 Å². The normalized spacial score (nSPS) is 11.8. The van der Waals surface area contributed by atoms with Crippen LogP contribution in [0.2, 0.25) is 5.02 Å². The Bertz CT molecular complexity index is 806. The second-order valence-corrected chi connectivity index (χ2v) is 6.53. The van der Waals surface area contributed by atoms with Crippen LogP contribution >= 0.6 is 22.9 Å². The van der Waals surface area contributed by atoms with E-state index in [1.165, 1.54) is 11.3 Å². The molecule has 0 aliphatic heterocycles. The highest BCUT2D eigenvalue weighted by molar-refractivity contribution is 7.13. The second kappa shape index (κ2) is 8.18. The Morgan fingerprint density at radius 3 is 2.20 bits per heavy atom. The molecule has 0 aliphatic carbocycles. The van der Waals surface area contributed by atoms with Crippen LogP contribution in [0.25, 0.3) is 0 Å². The van der Waals surface area contributed by atoms with Crippen molar-refractivity contribution in [2.45, 2.75) is 20.0 Å². The number of hydrogen-bond donors (Lipinski definition) is 0. The van der Waals surface area contributed by atoms with E-state index in [0.717, 1.165) is 22.3 Å². The highest BCUT2D eigenvalue weighted by Gasteiger charge is 2.14. The zero-order valence-corrected chi connectivity index (χ0v) is 15.4. The molecule has 1 aromatic heterocycles. The lowest BCUT2D eigenvalue weighted by Crippen LogP contribution is -2.02. The third-order valence-corrected chi connectivity index (χ3v) is 4.47. The van der Waals surface area contributed by atoms with Crippen LogP contribution < -0.4 is 14.2 Å². The van der Waals surface area contributed by atoms with Gasteiger partial charge in [0, 0.05) is 5.02 Å². The molecule has 0 amide bonds. The van der Waals surface area contributed by atoms with E-state index in [4.69, 9.17) is 25.8 Å². The average molecular weight is 377 g/mol. The number of halogens is 1. The molecule has 0 bridgehead atoms. The van der Waals surface area contributed by atoms with E-state index in [2.05, 4.69) is 10.2 Å². The summed E-state index contributed by atoms with van der Waals surface area (Å²) in [6.45, 7) is 4.40. The van der Waals surface area contributed by atoms with Gasteiger partial charge in [-0.1, -0.05) is 28.0 Å². The van der Waals surface area contributed by atoms with Crippen molar-refractivity contribution in [3.05, 3.63) is 58.6 Å². The molecule has 1 heterocycles. The molecule has 0 saturated heterocycles. The molecule has 2 aromatic carbocycles. The minimum absolute atomic E-state index is 0.213. The van der Waals surface area contributed by atoms with Gasteiger partial charge >= 0.3 is 0 Å². The second-order valence-electron chi connectivity index (χ2n) is 5.13. The number of benzene rings is 2. The van der Waals surface area contributed by atoms with Crippen molar-refractivity contribution in [2.24, 2.45) is 0 Å². The first kappa shape index (κ1) is 17.5. The number of hydrogen-bond acceptors (Lipinski definition) is 6. The summed E-state index contributed by atoms with van der Waals surface area (Å²) in [4.78, 5) is 0. The van der Waals surface area contributed by atoms with Crippen molar-refractivity contribution in [1.82, 2.24) is 10.2 Å². The highest BCUT2D eigenvalue weighted by atomic mass is 35.5. The molecule has 5 nitrogen and oxygen atoms in total. The van der Waals surface area contributed by atoms with Crippen LogP contribution in [-0.2, 0) is 0 Å². The van der Waals surface area contributed by atoms with E-state index in [0.29, 0.717) is 16.8 Å². The van der Waals surface area contributed by atoms with Crippen molar-refractivity contribution < 1.29 is 14.2 Å². The molecule has 0 saturated carbocycles. The van der Waals surface area contributed by atoms with Crippen molar-refractivity contribution in [2.75, 3.05) is 6.61 Å². The van der Waals surface area contributed by atoms with Crippen LogP contribution in [-0.4, -0.2) is 16.8 Å². The molecule has 3 rings (SSSR count). The Balaban J connectivity index is 1.60. The van der Waals surface area contributed by atoms with Crippen LogP contribution in [0.15, 0.2) is 48.5 Å². The van der Waals surface area contributed by atoms with Crippen LogP contribution in [0.3, 0.4) is 0 Å². The summed E-state index contributed by atoms with van der Waals surface area (Å²) in [5, 5.41) is 10.1. The molecule has 3 aromatic rings. The van der Waals surface area contributed by atoms with Gasteiger partial charge in [0.15, 0.2) is 5.01 Å². The monoisotopic (exact) mass is 376 g/mol. The largest absolute Gasteiger partial charge is 0.483 e. The highest BCUT2D eigenvalue weighted by Crippen LogP contribution is 2.29. The van der Waals surface area contributed by atoms with Gasteiger partial charge in [-0.3, -0.25) is 0 Å². The maximum atomic E-state index is 5.89. The first-order valence-corrected chi connectivity index (χ1v) is 9.00. The molecule has 7 heteroatoms. The zero-order valence-electron chi connectivity index (χ0n) is 13.8. The van der Waals surface area contributed by atoms with Gasteiger partial charge in [-0.2, -0.15) is 0 Å². The predicted octanol–water partition coefficient (Wildman–Crippen LogP) is 5.52. The number of ether oxygens (including phenoxy) is 3. The molecule has 0 radical (unpaired) electrons. The maximum absolute atomic E-state index is 5.89. The maximum Gasteiger partial charge on any atom is 0.294 e. The third kappa shape index (κ3) is 4.84. The van der Waals surface area contributed by atoms with Gasteiger partial charge in [0.1, 0.15) is 23.4 Å². The summed E-state index contributed by atoms with van der Waals surface area (Å²) in [6.07, 6.45) is -0.213. The summed E-state index contributed by atoms with van der Waals surface area (Å²) in [6, 6.07) is 14.6. The van der Waals surface area contributed by atoms with Gasteiger partial charge in [0.25, 0.3) is 5.19 Å². The molecule has 0 spiro atoms. The number of nitrogens with zero attached hydrogens (tertiary/aromatic N) is 2. The Kier molecular flexibility index (Phi) is 5.73. The lowest BCUT2D eigenvalue weighted by Gasteiger charge is -2.12. The molecular weight excluding hydrogens is 360 g/mol. The summed E-state index contributed by atoms with van der Waals surface area (Å²) in [5.74, 6) is 2.17. The quantitative estimate of drug-likeness (QED) is 0.543. The smallest absolute Gasteiger partial charge is 0.294 e. The Morgan fingerprint density at radius 1 is 0.960 bits per heavy atom. The van der Waals surface area contributed by atoms with Crippen molar-refractivity contribution in [3.63, 3.8) is 0 Å². The molecule has 130 valence electrons. The summed E-state index contributed by atoms with van der Waals surface area (Å²) in [5.41, 5.74) is 0. The molecule has 0 N–H and O–H groups in total. The number of aromatic nitrogens is 2. The minimum atomic E-state index is -0.213. The molecule has 0 aliphatic rings. The van der Waals surface area contributed by atoms with Gasteiger partial charge in [-0.25, -0.2) is 0 Å². The summed E-state index contributed by atoms with van der Waals surface area (Å²) >= 11 is 7.25. The van der Waals surface area contributed by atoms with Crippen molar-refractivity contribution >= 4 is 22.9 Å². The minimum Gasteiger partial charge on any atom is -0.483 e.